The molecule has 0 bridgehead atoms. The molecule has 0 N–H and O–H groups in total. The Morgan fingerprint density at radius 3 is 2.58 bits per heavy atom. The molecule has 0 aliphatic carbocycles. The molecule has 0 radical (unpaired) electrons. The second-order valence-corrected chi connectivity index (χ2v) is 7.25. The van der Waals surface area contributed by atoms with Crippen LogP contribution in [0.25, 0.3) is 10.8 Å². The normalized spacial score (nSPS) is 21.0. The summed E-state index contributed by atoms with van der Waals surface area (Å²) in [6.45, 7) is 0.896. The standard InChI is InChI=1S/C14H14ClNO2S/c15-12-8-9-16(10-12)19(17,18)14-7-3-5-11-4-1-2-6-13(11)14/h1-7,12H,8-10H2. The van der Waals surface area contributed by atoms with Gasteiger partial charge in [-0.1, -0.05) is 36.4 Å². The van der Waals surface area contributed by atoms with Gasteiger partial charge >= 0.3 is 0 Å². The van der Waals surface area contributed by atoms with Crippen LogP contribution in [0.15, 0.2) is 47.4 Å². The van der Waals surface area contributed by atoms with E-state index in [1.807, 2.05) is 30.3 Å². The molecule has 1 unspecified atom stereocenters. The molecule has 100 valence electrons. The van der Waals surface area contributed by atoms with Crippen molar-refractivity contribution < 1.29 is 8.42 Å². The van der Waals surface area contributed by atoms with E-state index in [4.69, 9.17) is 11.6 Å². The number of rotatable bonds is 2. The van der Waals surface area contributed by atoms with E-state index in [9.17, 15) is 8.42 Å². The van der Waals surface area contributed by atoms with E-state index < -0.39 is 10.0 Å². The first-order valence-corrected chi connectivity index (χ1v) is 8.09. The van der Waals surface area contributed by atoms with Gasteiger partial charge in [0.2, 0.25) is 10.0 Å². The van der Waals surface area contributed by atoms with E-state index in [1.165, 1.54) is 4.31 Å². The lowest BCUT2D eigenvalue weighted by atomic mass is 10.1. The maximum absolute atomic E-state index is 12.7. The molecule has 3 nitrogen and oxygen atoms in total. The predicted octanol–water partition coefficient (Wildman–Crippen LogP) is 2.84. The molecule has 1 heterocycles. The van der Waals surface area contributed by atoms with Crippen molar-refractivity contribution in [3.05, 3.63) is 42.5 Å². The maximum Gasteiger partial charge on any atom is 0.243 e. The molecule has 1 fully saturated rings. The van der Waals surface area contributed by atoms with E-state index in [2.05, 4.69) is 0 Å². The van der Waals surface area contributed by atoms with Gasteiger partial charge in [0.1, 0.15) is 0 Å². The van der Waals surface area contributed by atoms with E-state index in [0.29, 0.717) is 24.4 Å². The van der Waals surface area contributed by atoms with Crippen molar-refractivity contribution in [1.82, 2.24) is 4.31 Å². The second-order valence-electron chi connectivity index (χ2n) is 4.73. The summed E-state index contributed by atoms with van der Waals surface area (Å²) >= 11 is 6.01. The maximum atomic E-state index is 12.7. The fourth-order valence-corrected chi connectivity index (χ4v) is 4.53. The monoisotopic (exact) mass is 295 g/mol. The van der Waals surface area contributed by atoms with Gasteiger partial charge in [-0.2, -0.15) is 4.31 Å². The average Bonchev–Trinajstić information content (AvgIpc) is 2.85. The SMILES string of the molecule is O=S(=O)(c1cccc2ccccc12)N1CCC(Cl)C1. The lowest BCUT2D eigenvalue weighted by Gasteiger charge is -2.17. The highest BCUT2D eigenvalue weighted by molar-refractivity contribution is 7.89. The Bertz CT molecular complexity index is 709. The first kappa shape index (κ1) is 12.9. The summed E-state index contributed by atoms with van der Waals surface area (Å²) in [7, 11) is -3.45. The van der Waals surface area contributed by atoms with Crippen LogP contribution in [0.4, 0.5) is 0 Å². The molecular formula is C14H14ClNO2S. The van der Waals surface area contributed by atoms with Crippen LogP contribution >= 0.6 is 11.6 Å². The van der Waals surface area contributed by atoms with Crippen molar-refractivity contribution in [1.29, 1.82) is 0 Å². The number of benzene rings is 2. The molecule has 1 aliphatic heterocycles. The van der Waals surface area contributed by atoms with Gasteiger partial charge in [0.25, 0.3) is 0 Å². The third kappa shape index (κ3) is 2.24. The summed E-state index contributed by atoms with van der Waals surface area (Å²) in [5.41, 5.74) is 0. The van der Waals surface area contributed by atoms with Gasteiger partial charge in [-0.3, -0.25) is 0 Å². The number of alkyl halides is 1. The van der Waals surface area contributed by atoms with Crippen LogP contribution in [0.3, 0.4) is 0 Å². The Hall–Kier alpha value is -1.10. The quantitative estimate of drug-likeness (QED) is 0.799. The third-order valence-electron chi connectivity index (χ3n) is 3.46. The van der Waals surface area contributed by atoms with Crippen molar-refractivity contribution in [3.63, 3.8) is 0 Å². The van der Waals surface area contributed by atoms with Gasteiger partial charge in [0.05, 0.1) is 4.90 Å². The molecule has 3 rings (SSSR count). The van der Waals surface area contributed by atoms with Gasteiger partial charge < -0.3 is 0 Å². The summed E-state index contributed by atoms with van der Waals surface area (Å²) in [6.07, 6.45) is 0.714. The van der Waals surface area contributed by atoms with Crippen LogP contribution in [0.2, 0.25) is 0 Å². The topological polar surface area (TPSA) is 37.4 Å². The van der Waals surface area contributed by atoms with Crippen molar-refractivity contribution in [3.8, 4) is 0 Å². The average molecular weight is 296 g/mol. The van der Waals surface area contributed by atoms with E-state index >= 15 is 0 Å². The Morgan fingerprint density at radius 2 is 1.84 bits per heavy atom. The molecule has 0 spiro atoms. The van der Waals surface area contributed by atoms with Crippen molar-refractivity contribution >= 4 is 32.4 Å². The van der Waals surface area contributed by atoms with Crippen LogP contribution in [0.1, 0.15) is 6.42 Å². The molecule has 1 aliphatic rings. The second kappa shape index (κ2) is 4.78. The fraction of sp³-hybridized carbons (Fsp3) is 0.286. The number of hydrogen-bond donors (Lipinski definition) is 0. The number of halogens is 1. The van der Waals surface area contributed by atoms with Gasteiger partial charge in [-0.25, -0.2) is 8.42 Å². The zero-order chi connectivity index (χ0) is 13.5. The minimum Gasteiger partial charge on any atom is -0.207 e. The third-order valence-corrected chi connectivity index (χ3v) is 5.74. The lowest BCUT2D eigenvalue weighted by molar-refractivity contribution is 0.478. The van der Waals surface area contributed by atoms with Crippen LogP contribution in [-0.2, 0) is 10.0 Å². The van der Waals surface area contributed by atoms with Crippen molar-refractivity contribution in [2.75, 3.05) is 13.1 Å². The van der Waals surface area contributed by atoms with Crippen LogP contribution < -0.4 is 0 Å². The molecule has 19 heavy (non-hydrogen) atoms. The van der Waals surface area contributed by atoms with Crippen molar-refractivity contribution in [2.24, 2.45) is 0 Å². The van der Waals surface area contributed by atoms with Gasteiger partial charge in [-0.15, -0.1) is 11.6 Å². The molecule has 0 aromatic heterocycles. The summed E-state index contributed by atoms with van der Waals surface area (Å²) in [5.74, 6) is 0. The van der Waals surface area contributed by atoms with Crippen LogP contribution in [0, 0.1) is 0 Å². The molecule has 1 saturated heterocycles. The predicted molar refractivity (Wildman–Crippen MR) is 77.0 cm³/mol. The van der Waals surface area contributed by atoms with Crippen molar-refractivity contribution in [2.45, 2.75) is 16.7 Å². The van der Waals surface area contributed by atoms with Gasteiger partial charge in [0.15, 0.2) is 0 Å². The molecule has 5 heteroatoms. The summed E-state index contributed by atoms with van der Waals surface area (Å²) in [6, 6.07) is 12.9. The molecule has 0 amide bonds. The van der Waals surface area contributed by atoms with Gasteiger partial charge in [0, 0.05) is 23.9 Å². The minimum atomic E-state index is -3.45. The highest BCUT2D eigenvalue weighted by atomic mass is 35.5. The number of fused-ring (bicyclic) bond motifs is 1. The Kier molecular flexibility index (Phi) is 3.25. The summed E-state index contributed by atoms with van der Waals surface area (Å²) in [5, 5.41) is 1.62. The summed E-state index contributed by atoms with van der Waals surface area (Å²) < 4.78 is 26.8. The van der Waals surface area contributed by atoms with Crippen LogP contribution in [-0.4, -0.2) is 31.2 Å². The highest BCUT2D eigenvalue weighted by Crippen LogP contribution is 2.28. The minimum absolute atomic E-state index is 0.0789. The lowest BCUT2D eigenvalue weighted by Crippen LogP contribution is -2.29. The smallest absolute Gasteiger partial charge is 0.207 e. The molecular weight excluding hydrogens is 282 g/mol. The van der Waals surface area contributed by atoms with E-state index in [-0.39, 0.29) is 5.38 Å². The first-order chi connectivity index (χ1) is 9.09. The Morgan fingerprint density at radius 1 is 1.11 bits per heavy atom. The fourth-order valence-electron chi connectivity index (χ4n) is 2.47. The molecule has 2 aromatic rings. The molecule has 1 atom stereocenters. The number of hydrogen-bond acceptors (Lipinski definition) is 2. The highest BCUT2D eigenvalue weighted by Gasteiger charge is 2.32. The Labute approximate surface area is 117 Å². The summed E-state index contributed by atoms with van der Waals surface area (Å²) in [4.78, 5) is 0.372. The number of sulfonamides is 1. The first-order valence-electron chi connectivity index (χ1n) is 6.21. The molecule has 0 saturated carbocycles. The largest absolute Gasteiger partial charge is 0.243 e. The Balaban J connectivity index is 2.14. The van der Waals surface area contributed by atoms with E-state index in [1.54, 1.807) is 12.1 Å². The van der Waals surface area contributed by atoms with Gasteiger partial charge in [-0.05, 0) is 17.9 Å². The van der Waals surface area contributed by atoms with Crippen LogP contribution in [0.5, 0.6) is 0 Å². The number of nitrogens with zero attached hydrogens (tertiary/aromatic N) is 1. The van der Waals surface area contributed by atoms with E-state index in [0.717, 1.165) is 10.8 Å². The zero-order valence-electron chi connectivity index (χ0n) is 10.3. The zero-order valence-corrected chi connectivity index (χ0v) is 11.9. The molecule has 2 aromatic carbocycles.